The number of aliphatic hydroxyl groups excluding tert-OH is 2. The van der Waals surface area contributed by atoms with Gasteiger partial charge in [0.15, 0.2) is 11.9 Å². The van der Waals surface area contributed by atoms with Gasteiger partial charge in [0.2, 0.25) is 5.95 Å². The molecule has 1 aliphatic heterocycles. The molecule has 14 heteroatoms. The number of halogens is 1. The average Bonchev–Trinajstić information content (AvgIpc) is 2.74. The minimum Gasteiger partial charge on any atom is -0.387 e. The molecule has 1 aromatic heterocycles. The van der Waals surface area contributed by atoms with Crippen molar-refractivity contribution in [3.8, 4) is 0 Å². The molecule has 0 bridgehead atoms. The SMILES string of the molecule is NC(=O)c1nc(F)cn(C2O[C@H](COP(=O)(O)O)[C@@H](O)[C@H]2O)c1=O. The molecule has 0 radical (unpaired) electrons. The number of nitrogens with two attached hydrogens (primary N) is 1. The summed E-state index contributed by atoms with van der Waals surface area (Å²) in [4.78, 5) is 43.4. The van der Waals surface area contributed by atoms with Gasteiger partial charge in [-0.2, -0.15) is 4.39 Å². The van der Waals surface area contributed by atoms with Crippen molar-refractivity contribution in [1.82, 2.24) is 9.55 Å². The summed E-state index contributed by atoms with van der Waals surface area (Å²) in [7, 11) is -4.87. The molecule has 6 N–H and O–H groups in total. The van der Waals surface area contributed by atoms with Crippen LogP contribution >= 0.6 is 7.82 Å². The number of hydrogen-bond donors (Lipinski definition) is 5. The second-order valence-corrected chi connectivity index (χ2v) is 6.06. The van der Waals surface area contributed by atoms with Gasteiger partial charge in [-0.05, 0) is 0 Å². The van der Waals surface area contributed by atoms with Crippen molar-refractivity contribution in [2.75, 3.05) is 6.61 Å². The molecule has 0 aliphatic carbocycles. The van der Waals surface area contributed by atoms with Gasteiger partial charge >= 0.3 is 7.82 Å². The van der Waals surface area contributed by atoms with E-state index in [-0.39, 0.29) is 0 Å². The van der Waals surface area contributed by atoms with Crippen LogP contribution in [0.3, 0.4) is 0 Å². The lowest BCUT2D eigenvalue weighted by atomic mass is 10.1. The first-order chi connectivity index (χ1) is 11.0. The highest BCUT2D eigenvalue weighted by Gasteiger charge is 2.45. The average molecular weight is 369 g/mol. The first kappa shape index (κ1) is 18.6. The fourth-order valence-corrected chi connectivity index (χ4v) is 2.44. The molecule has 12 nitrogen and oxygen atoms in total. The molecule has 134 valence electrons. The summed E-state index contributed by atoms with van der Waals surface area (Å²) in [6.07, 6.45) is -6.06. The van der Waals surface area contributed by atoms with Gasteiger partial charge in [-0.1, -0.05) is 0 Å². The van der Waals surface area contributed by atoms with Crippen LogP contribution in [-0.4, -0.2) is 60.4 Å². The summed E-state index contributed by atoms with van der Waals surface area (Å²) in [6, 6.07) is 0. The summed E-state index contributed by atoms with van der Waals surface area (Å²) >= 11 is 0. The van der Waals surface area contributed by atoms with E-state index in [4.69, 9.17) is 20.3 Å². The number of rotatable bonds is 5. The molecule has 4 atom stereocenters. The van der Waals surface area contributed by atoms with Crippen molar-refractivity contribution in [2.24, 2.45) is 5.73 Å². The van der Waals surface area contributed by atoms with Gasteiger partial charge in [-0.15, -0.1) is 0 Å². The first-order valence-corrected chi connectivity index (χ1v) is 7.84. The molecular weight excluding hydrogens is 356 g/mol. The maximum absolute atomic E-state index is 13.4. The normalized spacial score (nSPS) is 27.4. The van der Waals surface area contributed by atoms with Crippen molar-refractivity contribution >= 4 is 13.7 Å². The summed E-state index contributed by atoms with van der Waals surface area (Å²) in [6.45, 7) is -0.815. The fraction of sp³-hybridized carbons (Fsp3) is 0.500. The highest BCUT2D eigenvalue weighted by molar-refractivity contribution is 7.46. The number of phosphoric ester groups is 1. The predicted octanol–water partition coefficient (Wildman–Crippen LogP) is -2.79. The van der Waals surface area contributed by atoms with Crippen molar-refractivity contribution < 1.29 is 43.0 Å². The lowest BCUT2D eigenvalue weighted by Crippen LogP contribution is -2.38. The number of hydrogen-bond acceptors (Lipinski definition) is 8. The van der Waals surface area contributed by atoms with Crippen LogP contribution in [0.4, 0.5) is 4.39 Å². The molecule has 1 aliphatic rings. The standard InChI is InChI=1S/C10H13FN3O9P/c11-4-1-14(9(18)5(13-4)8(12)17)10-7(16)6(15)3(23-10)2-22-24(19,20)21/h1,3,6-7,10,15-16H,2H2,(H2,12,17)(H2,19,20,21)/t3-,6-,7-,10?/m1/s1. The summed E-state index contributed by atoms with van der Waals surface area (Å²) < 4.78 is 33.8. The quantitative estimate of drug-likeness (QED) is 0.338. The summed E-state index contributed by atoms with van der Waals surface area (Å²) in [5.41, 5.74) is 2.76. The molecule has 0 spiro atoms. The second kappa shape index (κ2) is 6.64. The molecule has 1 aromatic rings. The number of nitrogens with zero attached hydrogens (tertiary/aromatic N) is 2. The van der Waals surface area contributed by atoms with Crippen LogP contribution in [0, 0.1) is 5.95 Å². The van der Waals surface area contributed by atoms with E-state index in [1.165, 1.54) is 0 Å². The van der Waals surface area contributed by atoms with Gasteiger partial charge < -0.3 is 30.5 Å². The Balaban J connectivity index is 2.32. The Morgan fingerprint density at radius 3 is 2.62 bits per heavy atom. The zero-order valence-electron chi connectivity index (χ0n) is 11.7. The topological polar surface area (TPSA) is 194 Å². The van der Waals surface area contributed by atoms with Crippen molar-refractivity contribution in [2.45, 2.75) is 24.5 Å². The van der Waals surface area contributed by atoms with Crippen molar-refractivity contribution in [3.05, 3.63) is 28.2 Å². The van der Waals surface area contributed by atoms with E-state index in [0.29, 0.717) is 10.8 Å². The number of aromatic nitrogens is 2. The Bertz CT molecular complexity index is 750. The number of amides is 1. The Kier molecular flexibility index (Phi) is 5.15. The van der Waals surface area contributed by atoms with Crippen LogP contribution < -0.4 is 11.3 Å². The highest BCUT2D eigenvalue weighted by atomic mass is 31.2. The molecule has 0 aromatic carbocycles. The molecular formula is C10H13FN3O9P. The van der Waals surface area contributed by atoms with Crippen LogP contribution in [0.2, 0.25) is 0 Å². The number of carbonyl (C=O) groups excluding carboxylic acids is 1. The number of primary amides is 1. The Hall–Kier alpha value is -1.73. The largest absolute Gasteiger partial charge is 0.469 e. The predicted molar refractivity (Wildman–Crippen MR) is 70.9 cm³/mol. The molecule has 0 saturated carbocycles. The smallest absolute Gasteiger partial charge is 0.387 e. The minimum absolute atomic E-state index is 0.452. The van der Waals surface area contributed by atoms with Crippen molar-refractivity contribution in [3.63, 3.8) is 0 Å². The summed E-state index contributed by atoms with van der Waals surface area (Å²) in [5.74, 6) is -2.59. The maximum atomic E-state index is 13.4. The molecule has 24 heavy (non-hydrogen) atoms. The van der Waals surface area contributed by atoms with E-state index in [9.17, 15) is 28.8 Å². The second-order valence-electron chi connectivity index (χ2n) is 4.82. The molecule has 1 unspecified atom stereocenters. The van der Waals surface area contributed by atoms with E-state index in [1.54, 1.807) is 0 Å². The van der Waals surface area contributed by atoms with Gasteiger partial charge in [-0.25, -0.2) is 9.55 Å². The van der Waals surface area contributed by atoms with E-state index in [1.807, 2.05) is 0 Å². The van der Waals surface area contributed by atoms with Crippen LogP contribution in [-0.2, 0) is 13.8 Å². The molecule has 1 saturated heterocycles. The molecule has 1 fully saturated rings. The Morgan fingerprint density at radius 1 is 1.46 bits per heavy atom. The minimum atomic E-state index is -4.87. The number of ether oxygens (including phenoxy) is 1. The number of phosphoric acid groups is 1. The number of carbonyl (C=O) groups is 1. The van der Waals surface area contributed by atoms with E-state index in [0.717, 1.165) is 0 Å². The van der Waals surface area contributed by atoms with Gasteiger partial charge in [0.05, 0.1) is 12.8 Å². The van der Waals surface area contributed by atoms with Gasteiger partial charge in [0.1, 0.15) is 18.3 Å². The van der Waals surface area contributed by atoms with Crippen LogP contribution in [0.1, 0.15) is 16.7 Å². The molecule has 2 heterocycles. The highest BCUT2D eigenvalue weighted by Crippen LogP contribution is 2.38. The van der Waals surface area contributed by atoms with Crippen LogP contribution in [0.25, 0.3) is 0 Å². The monoisotopic (exact) mass is 369 g/mol. The lowest BCUT2D eigenvalue weighted by molar-refractivity contribution is -0.0542. The number of aliphatic hydroxyl groups is 2. The van der Waals surface area contributed by atoms with Gasteiger partial charge in [0.25, 0.3) is 11.5 Å². The third-order valence-electron chi connectivity index (χ3n) is 3.15. The zero-order chi connectivity index (χ0) is 18.2. The molecule has 1 amide bonds. The van der Waals surface area contributed by atoms with E-state index in [2.05, 4.69) is 9.51 Å². The van der Waals surface area contributed by atoms with Gasteiger partial charge in [0, 0.05) is 0 Å². The van der Waals surface area contributed by atoms with Gasteiger partial charge in [-0.3, -0.25) is 18.7 Å². The Labute approximate surface area is 132 Å². The maximum Gasteiger partial charge on any atom is 0.469 e. The van der Waals surface area contributed by atoms with Crippen LogP contribution in [0.5, 0.6) is 0 Å². The molecule has 2 rings (SSSR count). The Morgan fingerprint density at radius 2 is 2.08 bits per heavy atom. The lowest BCUT2D eigenvalue weighted by Gasteiger charge is -2.18. The third kappa shape index (κ3) is 3.84. The summed E-state index contributed by atoms with van der Waals surface area (Å²) in [5, 5.41) is 19.7. The van der Waals surface area contributed by atoms with E-state index < -0.39 is 62.1 Å². The first-order valence-electron chi connectivity index (χ1n) is 6.31. The third-order valence-corrected chi connectivity index (χ3v) is 3.64. The van der Waals surface area contributed by atoms with Crippen molar-refractivity contribution in [1.29, 1.82) is 0 Å². The van der Waals surface area contributed by atoms with Crippen LogP contribution in [0.15, 0.2) is 11.0 Å². The van der Waals surface area contributed by atoms with E-state index >= 15 is 0 Å². The fourth-order valence-electron chi connectivity index (χ4n) is 2.10. The zero-order valence-corrected chi connectivity index (χ0v) is 12.6.